The fourth-order valence-electron chi connectivity index (χ4n) is 2.62. The summed E-state index contributed by atoms with van der Waals surface area (Å²) >= 11 is 17.9. The van der Waals surface area contributed by atoms with Crippen LogP contribution in [0, 0.1) is 0 Å². The second kappa shape index (κ2) is 8.98. The second-order valence-electron chi connectivity index (χ2n) is 5.99. The van der Waals surface area contributed by atoms with E-state index in [0.717, 1.165) is 0 Å². The van der Waals surface area contributed by atoms with E-state index in [1.54, 1.807) is 18.2 Å². The zero-order chi connectivity index (χ0) is 20.3. The zero-order valence-corrected chi connectivity index (χ0v) is 17.6. The van der Waals surface area contributed by atoms with Gasteiger partial charge in [-0.25, -0.2) is 13.2 Å². The van der Waals surface area contributed by atoms with Crippen LogP contribution in [0.2, 0.25) is 15.1 Å². The average Bonchev–Trinajstić information content (AvgIpc) is 2.69. The molecule has 0 atom stereocenters. The number of hydrogen-bond donors (Lipinski definition) is 0. The standard InChI is InChI=1S/C18H16Cl3NO5S/c19-14-3-1-12(9-16(14)21)11-27-18(23)13-2-4-15(20)17(10-13)28(24,25)22-5-7-26-8-6-22/h1-4,9-10H,5-8,11H2. The Balaban J connectivity index is 1.78. The monoisotopic (exact) mass is 463 g/mol. The van der Waals surface area contributed by atoms with Crippen molar-refractivity contribution in [3.05, 3.63) is 62.6 Å². The lowest BCUT2D eigenvalue weighted by atomic mass is 10.2. The number of benzene rings is 2. The number of nitrogens with zero attached hydrogens (tertiary/aromatic N) is 1. The number of carbonyl (C=O) groups is 1. The van der Waals surface area contributed by atoms with Crippen molar-refractivity contribution in [3.63, 3.8) is 0 Å². The van der Waals surface area contributed by atoms with Gasteiger partial charge in [-0.1, -0.05) is 40.9 Å². The molecule has 0 saturated carbocycles. The molecule has 0 radical (unpaired) electrons. The van der Waals surface area contributed by atoms with Crippen LogP contribution in [0.25, 0.3) is 0 Å². The van der Waals surface area contributed by atoms with Crippen LogP contribution in [-0.2, 0) is 26.1 Å². The minimum absolute atomic E-state index is 0.0347. The molecular formula is C18H16Cl3NO5S. The van der Waals surface area contributed by atoms with E-state index in [9.17, 15) is 13.2 Å². The molecular weight excluding hydrogens is 449 g/mol. The topological polar surface area (TPSA) is 72.9 Å². The third kappa shape index (κ3) is 4.79. The lowest BCUT2D eigenvalue weighted by Gasteiger charge is -2.26. The molecule has 3 rings (SSSR count). The van der Waals surface area contributed by atoms with Crippen molar-refractivity contribution in [3.8, 4) is 0 Å². The lowest BCUT2D eigenvalue weighted by Crippen LogP contribution is -2.40. The molecule has 1 aliphatic rings. The Hall–Kier alpha value is -1.35. The van der Waals surface area contributed by atoms with Gasteiger partial charge in [-0.15, -0.1) is 0 Å². The van der Waals surface area contributed by atoms with Crippen molar-refractivity contribution in [2.45, 2.75) is 11.5 Å². The van der Waals surface area contributed by atoms with Gasteiger partial charge in [0.2, 0.25) is 10.0 Å². The maximum atomic E-state index is 12.8. The first-order chi connectivity index (χ1) is 13.3. The molecule has 10 heteroatoms. The van der Waals surface area contributed by atoms with Gasteiger partial charge in [0.1, 0.15) is 11.5 Å². The van der Waals surface area contributed by atoms with E-state index >= 15 is 0 Å². The quantitative estimate of drug-likeness (QED) is 0.625. The van der Waals surface area contributed by atoms with E-state index in [1.165, 1.54) is 22.5 Å². The summed E-state index contributed by atoms with van der Waals surface area (Å²) in [6.45, 7) is 1.03. The minimum Gasteiger partial charge on any atom is -0.457 e. The smallest absolute Gasteiger partial charge is 0.338 e. The van der Waals surface area contributed by atoms with Gasteiger partial charge >= 0.3 is 5.97 Å². The van der Waals surface area contributed by atoms with E-state index < -0.39 is 16.0 Å². The molecule has 1 heterocycles. The Morgan fingerprint density at radius 3 is 2.36 bits per heavy atom. The number of hydrogen-bond acceptors (Lipinski definition) is 5. The van der Waals surface area contributed by atoms with Crippen molar-refractivity contribution >= 4 is 50.8 Å². The summed E-state index contributed by atoms with van der Waals surface area (Å²) in [6.07, 6.45) is 0. The molecule has 1 fully saturated rings. The summed E-state index contributed by atoms with van der Waals surface area (Å²) in [5.41, 5.74) is 0.731. The molecule has 0 unspecified atom stereocenters. The molecule has 0 aromatic heterocycles. The first-order valence-electron chi connectivity index (χ1n) is 8.27. The summed E-state index contributed by atoms with van der Waals surface area (Å²) in [7, 11) is -3.84. The highest BCUT2D eigenvalue weighted by molar-refractivity contribution is 7.89. The molecule has 0 spiro atoms. The fraction of sp³-hybridized carbons (Fsp3) is 0.278. The van der Waals surface area contributed by atoms with Crippen LogP contribution in [0.3, 0.4) is 0 Å². The Bertz CT molecular complexity index is 991. The number of esters is 1. The van der Waals surface area contributed by atoms with Crippen molar-refractivity contribution in [2.75, 3.05) is 26.3 Å². The maximum absolute atomic E-state index is 12.8. The summed E-state index contributed by atoms with van der Waals surface area (Å²) in [4.78, 5) is 12.2. The number of rotatable bonds is 5. The third-order valence-electron chi connectivity index (χ3n) is 4.11. The SMILES string of the molecule is O=C(OCc1ccc(Cl)c(Cl)c1)c1ccc(Cl)c(S(=O)(=O)N2CCOCC2)c1. The summed E-state index contributed by atoms with van der Waals surface area (Å²) in [5, 5.41) is 0.778. The van der Waals surface area contributed by atoms with Gasteiger partial charge in [0.25, 0.3) is 0 Å². The number of ether oxygens (including phenoxy) is 2. The maximum Gasteiger partial charge on any atom is 0.338 e. The molecule has 1 saturated heterocycles. The predicted molar refractivity (Wildman–Crippen MR) is 107 cm³/mol. The van der Waals surface area contributed by atoms with Crippen LogP contribution in [0.4, 0.5) is 0 Å². The van der Waals surface area contributed by atoms with Gasteiger partial charge in [-0.05, 0) is 35.9 Å². The van der Waals surface area contributed by atoms with E-state index in [0.29, 0.717) is 28.8 Å². The number of morpholine rings is 1. The van der Waals surface area contributed by atoms with Gasteiger partial charge in [-0.2, -0.15) is 4.31 Å². The Morgan fingerprint density at radius 2 is 1.68 bits per heavy atom. The van der Waals surface area contributed by atoms with Gasteiger partial charge in [-0.3, -0.25) is 0 Å². The van der Waals surface area contributed by atoms with Gasteiger partial charge in [0.05, 0.1) is 33.8 Å². The molecule has 1 aliphatic heterocycles. The molecule has 0 N–H and O–H groups in total. The molecule has 0 aliphatic carbocycles. The molecule has 2 aromatic carbocycles. The van der Waals surface area contributed by atoms with Gasteiger partial charge in [0, 0.05) is 13.1 Å². The van der Waals surface area contributed by atoms with Crippen LogP contribution in [0.15, 0.2) is 41.3 Å². The van der Waals surface area contributed by atoms with E-state index in [1.807, 2.05) is 0 Å². The molecule has 28 heavy (non-hydrogen) atoms. The summed E-state index contributed by atoms with van der Waals surface area (Å²) < 4.78 is 37.4. The van der Waals surface area contributed by atoms with Crippen LogP contribution >= 0.6 is 34.8 Å². The van der Waals surface area contributed by atoms with Crippen LogP contribution in [-0.4, -0.2) is 45.0 Å². The molecule has 0 bridgehead atoms. The zero-order valence-electron chi connectivity index (χ0n) is 14.5. The number of carbonyl (C=O) groups excluding carboxylic acids is 1. The Labute approximate surface area is 177 Å². The van der Waals surface area contributed by atoms with E-state index in [-0.39, 0.29) is 35.2 Å². The molecule has 6 nitrogen and oxygen atoms in total. The van der Waals surface area contributed by atoms with Crippen LogP contribution in [0.1, 0.15) is 15.9 Å². The van der Waals surface area contributed by atoms with Crippen molar-refractivity contribution in [1.82, 2.24) is 4.31 Å². The third-order valence-corrected chi connectivity index (χ3v) is 7.23. The lowest BCUT2D eigenvalue weighted by molar-refractivity contribution is 0.0472. The molecule has 150 valence electrons. The highest BCUT2D eigenvalue weighted by Gasteiger charge is 2.29. The van der Waals surface area contributed by atoms with Gasteiger partial charge in [0.15, 0.2) is 0 Å². The van der Waals surface area contributed by atoms with Crippen molar-refractivity contribution in [2.24, 2.45) is 0 Å². The largest absolute Gasteiger partial charge is 0.457 e. The highest BCUT2D eigenvalue weighted by Crippen LogP contribution is 2.27. The molecule has 2 aromatic rings. The number of sulfonamides is 1. The molecule has 0 amide bonds. The fourth-order valence-corrected chi connectivity index (χ4v) is 4.84. The van der Waals surface area contributed by atoms with Crippen LogP contribution < -0.4 is 0 Å². The van der Waals surface area contributed by atoms with Crippen molar-refractivity contribution in [1.29, 1.82) is 0 Å². The highest BCUT2D eigenvalue weighted by atomic mass is 35.5. The minimum atomic E-state index is -3.84. The average molecular weight is 465 g/mol. The van der Waals surface area contributed by atoms with Gasteiger partial charge < -0.3 is 9.47 Å². The first kappa shape index (κ1) is 21.4. The summed E-state index contributed by atoms with van der Waals surface area (Å²) in [5.74, 6) is -0.679. The predicted octanol–water partition coefficient (Wildman–Crippen LogP) is 4.02. The van der Waals surface area contributed by atoms with E-state index in [2.05, 4.69) is 0 Å². The first-order valence-corrected chi connectivity index (χ1v) is 10.8. The second-order valence-corrected chi connectivity index (χ2v) is 9.11. The number of halogens is 3. The van der Waals surface area contributed by atoms with Crippen LogP contribution in [0.5, 0.6) is 0 Å². The van der Waals surface area contributed by atoms with Crippen molar-refractivity contribution < 1.29 is 22.7 Å². The summed E-state index contributed by atoms with van der Waals surface area (Å²) in [6, 6.07) is 8.88. The Kier molecular flexibility index (Phi) is 6.85. The van der Waals surface area contributed by atoms with E-state index in [4.69, 9.17) is 44.3 Å². The Morgan fingerprint density at radius 1 is 1.00 bits per heavy atom. The normalized spacial score (nSPS) is 15.4.